The molecule has 3 N–H and O–H groups in total. The Bertz CT molecular complexity index is 516. The van der Waals surface area contributed by atoms with E-state index in [-0.39, 0.29) is 5.91 Å². The summed E-state index contributed by atoms with van der Waals surface area (Å²) in [5, 5.41) is 3.93. The maximum atomic E-state index is 10.8. The molecule has 84 valence electrons. The molecule has 0 aliphatic carbocycles. The average molecular weight is 217 g/mol. The van der Waals surface area contributed by atoms with Crippen molar-refractivity contribution >= 4 is 16.8 Å². The van der Waals surface area contributed by atoms with Gasteiger partial charge in [-0.1, -0.05) is 18.2 Å². The highest BCUT2D eigenvalue weighted by atomic mass is 16.1. The number of hydrogen-bond donors (Lipinski definition) is 2. The van der Waals surface area contributed by atoms with E-state index in [0.29, 0.717) is 6.54 Å². The maximum Gasteiger partial charge on any atom is 0.216 e. The topological polar surface area (TPSA) is 60.0 Å². The molecular formula is C12H15N3O. The number of rotatable bonds is 3. The van der Waals surface area contributed by atoms with Gasteiger partial charge in [-0.25, -0.2) is 0 Å². The minimum absolute atomic E-state index is 0.00325. The van der Waals surface area contributed by atoms with E-state index < -0.39 is 0 Å². The van der Waals surface area contributed by atoms with Crippen LogP contribution in [0.25, 0.3) is 10.9 Å². The van der Waals surface area contributed by atoms with Gasteiger partial charge in [0.25, 0.3) is 0 Å². The SMILES string of the molecule is CC(=O)NCCc1cn(N)c2ccccc12. The van der Waals surface area contributed by atoms with Crippen molar-refractivity contribution < 1.29 is 4.79 Å². The summed E-state index contributed by atoms with van der Waals surface area (Å²) in [5.74, 6) is 5.83. The molecule has 1 amide bonds. The number of nitrogen functional groups attached to an aromatic ring is 1. The lowest BCUT2D eigenvalue weighted by molar-refractivity contribution is -0.118. The number of nitrogens with zero attached hydrogens (tertiary/aromatic N) is 1. The second-order valence-corrected chi connectivity index (χ2v) is 3.81. The summed E-state index contributed by atoms with van der Waals surface area (Å²) in [6.07, 6.45) is 2.71. The predicted molar refractivity (Wildman–Crippen MR) is 64.5 cm³/mol. The largest absolute Gasteiger partial charge is 0.356 e. The molecule has 0 spiro atoms. The third kappa shape index (κ3) is 2.00. The first-order valence-corrected chi connectivity index (χ1v) is 5.27. The van der Waals surface area contributed by atoms with Crippen LogP contribution in [0, 0.1) is 0 Å². The van der Waals surface area contributed by atoms with Gasteiger partial charge >= 0.3 is 0 Å². The van der Waals surface area contributed by atoms with Crippen molar-refractivity contribution in [1.82, 2.24) is 9.99 Å². The zero-order chi connectivity index (χ0) is 11.5. The molecule has 4 heteroatoms. The molecule has 0 fully saturated rings. The van der Waals surface area contributed by atoms with E-state index >= 15 is 0 Å². The Kier molecular flexibility index (Phi) is 2.81. The molecule has 0 aliphatic heterocycles. The van der Waals surface area contributed by atoms with Crippen LogP contribution < -0.4 is 11.2 Å². The van der Waals surface area contributed by atoms with E-state index in [0.717, 1.165) is 22.9 Å². The molecule has 0 unspecified atom stereocenters. The van der Waals surface area contributed by atoms with Gasteiger partial charge in [-0.2, -0.15) is 0 Å². The number of benzene rings is 1. The number of amides is 1. The van der Waals surface area contributed by atoms with Gasteiger partial charge in [0.1, 0.15) is 0 Å². The maximum absolute atomic E-state index is 10.8. The first-order valence-electron chi connectivity index (χ1n) is 5.27. The van der Waals surface area contributed by atoms with Gasteiger partial charge in [-0.15, -0.1) is 0 Å². The summed E-state index contributed by atoms with van der Waals surface area (Å²) >= 11 is 0. The summed E-state index contributed by atoms with van der Waals surface area (Å²) in [5.41, 5.74) is 2.17. The number of carbonyl (C=O) groups is 1. The number of hydrogen-bond acceptors (Lipinski definition) is 2. The van der Waals surface area contributed by atoms with E-state index in [2.05, 4.69) is 5.32 Å². The highest BCUT2D eigenvalue weighted by Crippen LogP contribution is 2.19. The third-order valence-corrected chi connectivity index (χ3v) is 2.59. The van der Waals surface area contributed by atoms with Crippen LogP contribution in [0.3, 0.4) is 0 Å². The molecule has 0 bridgehead atoms. The van der Waals surface area contributed by atoms with E-state index in [1.54, 1.807) is 4.68 Å². The molecule has 4 nitrogen and oxygen atoms in total. The van der Waals surface area contributed by atoms with Crippen molar-refractivity contribution in [2.75, 3.05) is 12.4 Å². The number of carbonyl (C=O) groups excluding carboxylic acids is 1. The van der Waals surface area contributed by atoms with Gasteiger partial charge in [0.15, 0.2) is 0 Å². The second kappa shape index (κ2) is 4.26. The molecule has 1 heterocycles. The van der Waals surface area contributed by atoms with Crippen molar-refractivity contribution in [3.05, 3.63) is 36.0 Å². The monoisotopic (exact) mass is 217 g/mol. The Balaban J connectivity index is 2.21. The van der Waals surface area contributed by atoms with Crippen LogP contribution in [0.5, 0.6) is 0 Å². The standard InChI is InChI=1S/C12H15N3O/c1-9(16)14-7-6-10-8-15(13)12-5-3-2-4-11(10)12/h2-5,8H,6-7,13H2,1H3,(H,14,16). The molecule has 0 atom stereocenters. The average Bonchev–Trinajstić information content (AvgIpc) is 2.57. The Morgan fingerprint density at radius 1 is 1.44 bits per heavy atom. The quantitative estimate of drug-likeness (QED) is 0.754. The normalized spacial score (nSPS) is 10.6. The van der Waals surface area contributed by atoms with Crippen LogP contribution in [0.1, 0.15) is 12.5 Å². The Hall–Kier alpha value is -1.97. The summed E-state index contributed by atoms with van der Waals surface area (Å²) < 4.78 is 1.62. The van der Waals surface area contributed by atoms with E-state index in [9.17, 15) is 4.79 Å². The molecular weight excluding hydrogens is 202 g/mol. The van der Waals surface area contributed by atoms with Crippen LogP contribution in [0.4, 0.5) is 0 Å². The molecule has 0 saturated heterocycles. The lowest BCUT2D eigenvalue weighted by Gasteiger charge is -2.00. The molecule has 0 saturated carbocycles. The molecule has 16 heavy (non-hydrogen) atoms. The van der Waals surface area contributed by atoms with Gasteiger partial charge in [0.2, 0.25) is 5.91 Å². The molecule has 0 radical (unpaired) electrons. The van der Waals surface area contributed by atoms with Crippen molar-refractivity contribution in [3.8, 4) is 0 Å². The Labute approximate surface area is 94.0 Å². The van der Waals surface area contributed by atoms with Gasteiger partial charge in [0.05, 0.1) is 5.52 Å². The predicted octanol–water partition coefficient (Wildman–Crippen LogP) is 1.03. The van der Waals surface area contributed by atoms with Crippen molar-refractivity contribution in [2.24, 2.45) is 0 Å². The highest BCUT2D eigenvalue weighted by Gasteiger charge is 2.05. The second-order valence-electron chi connectivity index (χ2n) is 3.81. The summed E-state index contributed by atoms with van der Waals surface area (Å²) in [4.78, 5) is 10.8. The van der Waals surface area contributed by atoms with E-state index in [4.69, 9.17) is 5.84 Å². The summed E-state index contributed by atoms with van der Waals surface area (Å²) in [6.45, 7) is 2.16. The van der Waals surface area contributed by atoms with Crippen LogP contribution in [0.15, 0.2) is 30.5 Å². The lowest BCUT2D eigenvalue weighted by atomic mass is 10.1. The third-order valence-electron chi connectivity index (χ3n) is 2.59. The molecule has 2 aromatic rings. The van der Waals surface area contributed by atoms with E-state index in [1.807, 2.05) is 30.5 Å². The number of nitrogens with two attached hydrogens (primary N) is 1. The zero-order valence-electron chi connectivity index (χ0n) is 9.23. The first kappa shape index (κ1) is 10.5. The van der Waals surface area contributed by atoms with E-state index in [1.165, 1.54) is 6.92 Å². The Morgan fingerprint density at radius 2 is 2.19 bits per heavy atom. The van der Waals surface area contributed by atoms with Crippen molar-refractivity contribution in [2.45, 2.75) is 13.3 Å². The number of nitrogens with one attached hydrogen (secondary N) is 1. The molecule has 1 aromatic carbocycles. The fourth-order valence-electron chi connectivity index (χ4n) is 1.85. The van der Waals surface area contributed by atoms with Gasteiger partial charge in [0, 0.05) is 25.1 Å². The zero-order valence-corrected chi connectivity index (χ0v) is 9.23. The van der Waals surface area contributed by atoms with Gasteiger partial charge in [-0.05, 0) is 18.1 Å². The minimum atomic E-state index is -0.00325. The van der Waals surface area contributed by atoms with Crippen molar-refractivity contribution in [1.29, 1.82) is 0 Å². The number of para-hydroxylation sites is 1. The van der Waals surface area contributed by atoms with Gasteiger partial charge in [-0.3, -0.25) is 9.47 Å². The van der Waals surface area contributed by atoms with Crippen LogP contribution in [-0.4, -0.2) is 17.1 Å². The molecule has 0 aliphatic rings. The first-order chi connectivity index (χ1) is 7.68. The lowest BCUT2D eigenvalue weighted by Crippen LogP contribution is -2.22. The molecule has 2 rings (SSSR count). The number of aromatic nitrogens is 1. The van der Waals surface area contributed by atoms with Crippen LogP contribution in [-0.2, 0) is 11.2 Å². The summed E-state index contributed by atoms with van der Waals surface area (Å²) in [7, 11) is 0. The smallest absolute Gasteiger partial charge is 0.216 e. The van der Waals surface area contributed by atoms with Crippen LogP contribution in [0.2, 0.25) is 0 Å². The fraction of sp³-hybridized carbons (Fsp3) is 0.250. The van der Waals surface area contributed by atoms with Crippen molar-refractivity contribution in [3.63, 3.8) is 0 Å². The Morgan fingerprint density at radius 3 is 2.94 bits per heavy atom. The minimum Gasteiger partial charge on any atom is -0.356 e. The van der Waals surface area contributed by atoms with Crippen LogP contribution >= 0.6 is 0 Å². The summed E-state index contributed by atoms with van der Waals surface area (Å²) in [6, 6.07) is 7.98. The fourth-order valence-corrected chi connectivity index (χ4v) is 1.85. The highest BCUT2D eigenvalue weighted by molar-refractivity contribution is 5.84. The van der Waals surface area contributed by atoms with Gasteiger partial charge < -0.3 is 11.2 Å². The number of fused-ring (bicyclic) bond motifs is 1. The molecule has 1 aromatic heterocycles.